The van der Waals surface area contributed by atoms with Crippen LogP contribution < -0.4 is 5.32 Å². The summed E-state index contributed by atoms with van der Waals surface area (Å²) in [6, 6.07) is 0.615. The van der Waals surface area contributed by atoms with E-state index in [4.69, 9.17) is 0 Å². The van der Waals surface area contributed by atoms with Gasteiger partial charge in [0.15, 0.2) is 0 Å². The molecule has 1 N–H and O–H groups in total. The maximum absolute atomic E-state index is 11.1. The van der Waals surface area contributed by atoms with Crippen LogP contribution in [0.15, 0.2) is 0 Å². The smallest absolute Gasteiger partial charge is 0.306 e. The van der Waals surface area contributed by atoms with Gasteiger partial charge in [0, 0.05) is 19.1 Å². The Morgan fingerprint density at radius 2 is 2.31 bits per heavy atom. The van der Waals surface area contributed by atoms with E-state index in [1.165, 1.54) is 20.0 Å². The Bertz CT molecular complexity index is 203. The molecule has 0 aliphatic carbocycles. The monoisotopic (exact) mass is 228 g/mol. The summed E-state index contributed by atoms with van der Waals surface area (Å²) in [5, 5.41) is 3.49. The van der Waals surface area contributed by atoms with E-state index in [0.29, 0.717) is 12.5 Å². The molecule has 0 bridgehead atoms. The molecule has 0 aromatic carbocycles. The molecule has 0 aromatic heterocycles. The number of nitrogens with zero attached hydrogens (tertiary/aromatic N) is 1. The molecule has 1 rings (SSSR count). The second kappa shape index (κ2) is 7.63. The third-order valence-electron chi connectivity index (χ3n) is 3.04. The van der Waals surface area contributed by atoms with Crippen LogP contribution in [0.4, 0.5) is 0 Å². The first-order valence-corrected chi connectivity index (χ1v) is 6.28. The molecule has 0 aromatic rings. The topological polar surface area (TPSA) is 41.6 Å². The molecule has 4 nitrogen and oxygen atoms in total. The Morgan fingerprint density at radius 1 is 1.50 bits per heavy atom. The van der Waals surface area contributed by atoms with E-state index in [1.54, 1.807) is 0 Å². The lowest BCUT2D eigenvalue weighted by Crippen LogP contribution is -2.39. The fourth-order valence-corrected chi connectivity index (χ4v) is 2.19. The fourth-order valence-electron chi connectivity index (χ4n) is 2.19. The molecular weight excluding hydrogens is 204 g/mol. The summed E-state index contributed by atoms with van der Waals surface area (Å²) in [7, 11) is 1.45. The molecule has 0 radical (unpaired) electrons. The van der Waals surface area contributed by atoms with Crippen molar-refractivity contribution in [3.8, 4) is 0 Å². The van der Waals surface area contributed by atoms with Crippen LogP contribution in [0.3, 0.4) is 0 Å². The summed E-state index contributed by atoms with van der Waals surface area (Å²) in [5.41, 5.74) is 0. The second-order valence-corrected chi connectivity index (χ2v) is 4.42. The van der Waals surface area contributed by atoms with Crippen LogP contribution in [0.2, 0.25) is 0 Å². The van der Waals surface area contributed by atoms with Gasteiger partial charge in [0.05, 0.1) is 13.5 Å². The molecule has 1 heterocycles. The van der Waals surface area contributed by atoms with Gasteiger partial charge in [0.25, 0.3) is 0 Å². The first kappa shape index (κ1) is 13.5. The van der Waals surface area contributed by atoms with E-state index in [1.807, 2.05) is 0 Å². The van der Waals surface area contributed by atoms with Crippen molar-refractivity contribution in [3.05, 3.63) is 0 Å². The predicted octanol–water partition coefficient (Wildman–Crippen LogP) is 1.01. The molecule has 0 amide bonds. The Kier molecular flexibility index (Phi) is 6.42. The van der Waals surface area contributed by atoms with Gasteiger partial charge in [-0.2, -0.15) is 0 Å². The molecule has 0 saturated carbocycles. The Balaban J connectivity index is 2.25. The zero-order valence-electron chi connectivity index (χ0n) is 10.5. The van der Waals surface area contributed by atoms with Crippen LogP contribution in [-0.4, -0.2) is 50.2 Å². The van der Waals surface area contributed by atoms with Crippen molar-refractivity contribution in [2.24, 2.45) is 0 Å². The van der Waals surface area contributed by atoms with E-state index in [-0.39, 0.29) is 5.97 Å². The summed E-state index contributed by atoms with van der Waals surface area (Å²) >= 11 is 0. The summed E-state index contributed by atoms with van der Waals surface area (Å²) in [6.07, 6.45) is 4.18. The molecule has 94 valence electrons. The highest BCUT2D eigenvalue weighted by atomic mass is 16.5. The highest BCUT2D eigenvalue weighted by Crippen LogP contribution is 2.07. The lowest BCUT2D eigenvalue weighted by Gasteiger charge is -2.24. The van der Waals surface area contributed by atoms with Crippen molar-refractivity contribution >= 4 is 5.97 Å². The van der Waals surface area contributed by atoms with Crippen molar-refractivity contribution in [3.63, 3.8) is 0 Å². The predicted molar refractivity (Wildman–Crippen MR) is 64.4 cm³/mol. The van der Waals surface area contributed by atoms with E-state index < -0.39 is 0 Å². The average Bonchev–Trinajstić information content (AvgIpc) is 2.78. The minimum atomic E-state index is -0.111. The number of ether oxygens (including phenoxy) is 1. The van der Waals surface area contributed by atoms with E-state index >= 15 is 0 Å². The molecule has 4 heteroatoms. The number of carbonyl (C=O) groups excluding carboxylic acids is 1. The van der Waals surface area contributed by atoms with Crippen LogP contribution in [0.25, 0.3) is 0 Å². The molecule has 0 spiro atoms. The van der Waals surface area contributed by atoms with Gasteiger partial charge < -0.3 is 15.0 Å². The Hall–Kier alpha value is -0.610. The highest BCUT2D eigenvalue weighted by molar-refractivity contribution is 5.69. The Morgan fingerprint density at radius 3 is 2.88 bits per heavy atom. The zero-order valence-corrected chi connectivity index (χ0v) is 10.5. The Labute approximate surface area is 98.3 Å². The van der Waals surface area contributed by atoms with Crippen molar-refractivity contribution in [2.45, 2.75) is 38.6 Å². The van der Waals surface area contributed by atoms with Crippen molar-refractivity contribution in [1.29, 1.82) is 0 Å². The maximum atomic E-state index is 11.1. The minimum Gasteiger partial charge on any atom is -0.469 e. The highest BCUT2D eigenvalue weighted by Gasteiger charge is 2.17. The van der Waals surface area contributed by atoms with Gasteiger partial charge in [0.1, 0.15) is 0 Å². The van der Waals surface area contributed by atoms with Gasteiger partial charge in [-0.15, -0.1) is 0 Å². The number of rotatable bonds is 7. The van der Waals surface area contributed by atoms with Crippen LogP contribution in [-0.2, 0) is 9.53 Å². The van der Waals surface area contributed by atoms with Gasteiger partial charge in [-0.25, -0.2) is 0 Å². The molecular formula is C12H24N2O2. The fraction of sp³-hybridized carbons (Fsp3) is 0.917. The number of nitrogens with one attached hydrogen (secondary N) is 1. The molecule has 1 unspecified atom stereocenters. The summed E-state index contributed by atoms with van der Waals surface area (Å²) in [6.45, 7) is 6.26. The van der Waals surface area contributed by atoms with Crippen LogP contribution in [0.1, 0.15) is 32.6 Å². The third kappa shape index (κ3) is 4.94. The van der Waals surface area contributed by atoms with Gasteiger partial charge in [0.2, 0.25) is 0 Å². The molecule has 1 fully saturated rings. The van der Waals surface area contributed by atoms with Crippen LogP contribution in [0.5, 0.6) is 0 Å². The third-order valence-corrected chi connectivity index (χ3v) is 3.04. The number of hydrogen-bond acceptors (Lipinski definition) is 4. The zero-order chi connectivity index (χ0) is 11.8. The van der Waals surface area contributed by atoms with Crippen LogP contribution in [0, 0.1) is 0 Å². The number of esters is 1. The van der Waals surface area contributed by atoms with Crippen molar-refractivity contribution in [1.82, 2.24) is 10.2 Å². The first-order valence-electron chi connectivity index (χ1n) is 6.28. The number of carbonyl (C=O) groups is 1. The normalized spacial score (nSPS) is 20.3. The average molecular weight is 228 g/mol. The first-order chi connectivity index (χ1) is 7.76. The van der Waals surface area contributed by atoms with Crippen molar-refractivity contribution < 1.29 is 9.53 Å². The molecule has 1 atom stereocenters. The minimum absolute atomic E-state index is 0.111. The van der Waals surface area contributed by atoms with Crippen molar-refractivity contribution in [2.75, 3.05) is 33.3 Å². The second-order valence-electron chi connectivity index (χ2n) is 4.42. The SMILES string of the molecule is CCCN(CCC(=O)OC)CC1CCCN1. The van der Waals surface area contributed by atoms with Gasteiger partial charge in [-0.05, 0) is 32.4 Å². The summed E-state index contributed by atoms with van der Waals surface area (Å²) in [4.78, 5) is 13.5. The number of hydrogen-bond donors (Lipinski definition) is 1. The lowest BCUT2D eigenvalue weighted by atomic mass is 10.2. The standard InChI is InChI=1S/C12H24N2O2/c1-3-8-14(9-6-12(15)16-2)10-11-5-4-7-13-11/h11,13H,3-10H2,1-2H3. The molecule has 1 aliphatic rings. The van der Waals surface area contributed by atoms with E-state index in [2.05, 4.69) is 21.9 Å². The quantitative estimate of drug-likeness (QED) is 0.660. The van der Waals surface area contributed by atoms with Gasteiger partial charge in [-0.3, -0.25) is 4.79 Å². The largest absolute Gasteiger partial charge is 0.469 e. The summed E-state index contributed by atoms with van der Waals surface area (Å²) < 4.78 is 4.67. The van der Waals surface area contributed by atoms with E-state index in [9.17, 15) is 4.79 Å². The van der Waals surface area contributed by atoms with E-state index in [0.717, 1.165) is 32.6 Å². The summed E-state index contributed by atoms with van der Waals surface area (Å²) in [5.74, 6) is -0.111. The maximum Gasteiger partial charge on any atom is 0.306 e. The van der Waals surface area contributed by atoms with Gasteiger partial charge in [-0.1, -0.05) is 6.92 Å². The lowest BCUT2D eigenvalue weighted by molar-refractivity contribution is -0.141. The van der Waals surface area contributed by atoms with Gasteiger partial charge >= 0.3 is 5.97 Å². The van der Waals surface area contributed by atoms with Crippen LogP contribution >= 0.6 is 0 Å². The molecule has 16 heavy (non-hydrogen) atoms. The molecule has 1 aliphatic heterocycles. The number of methoxy groups -OCH3 is 1. The molecule has 1 saturated heterocycles.